The number of Topliss-reactive ketones (excluding diaryl/α,β-unsaturated/α-hetero) is 1. The van der Waals surface area contributed by atoms with E-state index in [0.717, 1.165) is 51.6 Å². The molecule has 4 rings (SSSR count). The van der Waals surface area contributed by atoms with Crippen molar-refractivity contribution in [1.82, 2.24) is 4.90 Å². The summed E-state index contributed by atoms with van der Waals surface area (Å²) in [6.45, 7) is 5.72. The zero-order chi connectivity index (χ0) is 17.7. The molecule has 1 aromatic rings. The van der Waals surface area contributed by atoms with E-state index in [9.17, 15) is 9.59 Å². The van der Waals surface area contributed by atoms with Crippen molar-refractivity contribution in [3.05, 3.63) is 35.9 Å². The molecule has 25 heavy (non-hydrogen) atoms. The molecule has 2 bridgehead atoms. The second kappa shape index (κ2) is 5.96. The molecule has 1 heterocycles. The van der Waals surface area contributed by atoms with Gasteiger partial charge in [-0.15, -0.1) is 0 Å². The van der Waals surface area contributed by atoms with E-state index in [1.165, 1.54) is 5.56 Å². The van der Waals surface area contributed by atoms with Crippen molar-refractivity contribution in [3.63, 3.8) is 0 Å². The Kier molecular flexibility index (Phi) is 4.01. The molecule has 3 nitrogen and oxygen atoms in total. The first-order chi connectivity index (χ1) is 11.9. The van der Waals surface area contributed by atoms with Crippen LogP contribution in [0.2, 0.25) is 0 Å². The summed E-state index contributed by atoms with van der Waals surface area (Å²) >= 11 is 0. The standard InChI is InChI=1S/C22H29NO2/c1-21(2)18-8-11-22(15-18,19(21)24)20(25)23-12-9-17(10-13-23)14-16-6-4-3-5-7-16/h3-7,17-18H,8-15H2,1-2H3. The number of likely N-dealkylation sites (tertiary alicyclic amines) is 1. The van der Waals surface area contributed by atoms with Crippen molar-refractivity contribution in [3.8, 4) is 0 Å². The minimum absolute atomic E-state index is 0.142. The molecule has 1 aliphatic heterocycles. The molecular weight excluding hydrogens is 310 g/mol. The monoisotopic (exact) mass is 339 g/mol. The SMILES string of the molecule is CC1(C)C(=O)C2(C(=O)N3CCC(Cc4ccccc4)CC3)CCC1C2. The molecule has 0 radical (unpaired) electrons. The van der Waals surface area contributed by atoms with Gasteiger partial charge in [0.05, 0.1) is 0 Å². The van der Waals surface area contributed by atoms with Gasteiger partial charge in [0, 0.05) is 18.5 Å². The van der Waals surface area contributed by atoms with Gasteiger partial charge in [0.15, 0.2) is 5.78 Å². The van der Waals surface area contributed by atoms with Crippen LogP contribution < -0.4 is 0 Å². The molecule has 1 amide bonds. The minimum atomic E-state index is -0.680. The average Bonchev–Trinajstić information content (AvgIpc) is 3.15. The smallest absolute Gasteiger partial charge is 0.236 e. The van der Waals surface area contributed by atoms with E-state index in [-0.39, 0.29) is 17.1 Å². The van der Waals surface area contributed by atoms with Crippen molar-refractivity contribution in [2.45, 2.75) is 52.4 Å². The first-order valence-corrected chi connectivity index (χ1v) is 9.82. The molecule has 1 aromatic carbocycles. The van der Waals surface area contributed by atoms with E-state index in [0.29, 0.717) is 11.8 Å². The lowest BCUT2D eigenvalue weighted by Gasteiger charge is -2.39. The first-order valence-electron chi connectivity index (χ1n) is 9.82. The van der Waals surface area contributed by atoms with Crippen LogP contribution in [0.4, 0.5) is 0 Å². The molecule has 0 aromatic heterocycles. The summed E-state index contributed by atoms with van der Waals surface area (Å²) in [6, 6.07) is 10.6. The number of nitrogens with zero attached hydrogens (tertiary/aromatic N) is 1. The van der Waals surface area contributed by atoms with E-state index in [1.54, 1.807) is 0 Å². The van der Waals surface area contributed by atoms with Crippen molar-refractivity contribution in [1.29, 1.82) is 0 Å². The highest BCUT2D eigenvalue weighted by Gasteiger charge is 2.65. The van der Waals surface area contributed by atoms with Gasteiger partial charge in [-0.1, -0.05) is 44.2 Å². The van der Waals surface area contributed by atoms with Gasteiger partial charge in [0.25, 0.3) is 0 Å². The van der Waals surface area contributed by atoms with E-state index in [1.807, 2.05) is 18.7 Å². The van der Waals surface area contributed by atoms with Crippen LogP contribution in [0.3, 0.4) is 0 Å². The normalized spacial score (nSPS) is 31.5. The predicted molar refractivity (Wildman–Crippen MR) is 98.0 cm³/mol. The fraction of sp³-hybridized carbons (Fsp3) is 0.636. The van der Waals surface area contributed by atoms with Gasteiger partial charge in [-0.2, -0.15) is 0 Å². The first kappa shape index (κ1) is 16.8. The number of hydrogen-bond acceptors (Lipinski definition) is 2. The fourth-order valence-corrected chi connectivity index (χ4v) is 5.55. The third-order valence-electron chi connectivity index (χ3n) is 7.23. The Hall–Kier alpha value is -1.64. The van der Waals surface area contributed by atoms with Crippen LogP contribution in [0.15, 0.2) is 30.3 Å². The predicted octanol–water partition coefficient (Wildman–Crippen LogP) is 3.86. The molecule has 3 fully saturated rings. The van der Waals surface area contributed by atoms with Crippen LogP contribution in [-0.2, 0) is 16.0 Å². The van der Waals surface area contributed by atoms with Gasteiger partial charge in [-0.3, -0.25) is 9.59 Å². The van der Waals surface area contributed by atoms with Crippen LogP contribution in [0.5, 0.6) is 0 Å². The zero-order valence-electron chi connectivity index (χ0n) is 15.5. The van der Waals surface area contributed by atoms with Crippen LogP contribution in [-0.4, -0.2) is 29.7 Å². The highest BCUT2D eigenvalue weighted by Crippen LogP contribution is 2.60. The largest absolute Gasteiger partial charge is 0.342 e. The number of carbonyl (C=O) groups excluding carboxylic acids is 2. The van der Waals surface area contributed by atoms with Crippen molar-refractivity contribution in [2.75, 3.05) is 13.1 Å². The second-order valence-corrected chi connectivity index (χ2v) is 9.00. The van der Waals surface area contributed by atoms with E-state index in [2.05, 4.69) is 30.3 Å². The maximum atomic E-state index is 13.2. The maximum Gasteiger partial charge on any atom is 0.236 e. The molecule has 1 saturated heterocycles. The summed E-state index contributed by atoms with van der Waals surface area (Å²) in [5.41, 5.74) is 0.400. The number of amides is 1. The van der Waals surface area contributed by atoms with Gasteiger partial charge in [-0.25, -0.2) is 0 Å². The van der Waals surface area contributed by atoms with E-state index in [4.69, 9.17) is 0 Å². The lowest BCUT2D eigenvalue weighted by atomic mass is 9.70. The van der Waals surface area contributed by atoms with Crippen molar-refractivity contribution >= 4 is 11.7 Å². The van der Waals surface area contributed by atoms with Crippen LogP contribution in [0.25, 0.3) is 0 Å². The summed E-state index contributed by atoms with van der Waals surface area (Å²) in [6.07, 6.45) is 5.82. The highest BCUT2D eigenvalue weighted by atomic mass is 16.2. The minimum Gasteiger partial charge on any atom is -0.342 e. The third-order valence-corrected chi connectivity index (χ3v) is 7.23. The van der Waals surface area contributed by atoms with Gasteiger partial charge in [-0.05, 0) is 55.9 Å². The van der Waals surface area contributed by atoms with E-state index < -0.39 is 5.41 Å². The quantitative estimate of drug-likeness (QED) is 0.784. The molecular formula is C22H29NO2. The Morgan fingerprint density at radius 1 is 1.12 bits per heavy atom. The maximum absolute atomic E-state index is 13.2. The van der Waals surface area contributed by atoms with Crippen LogP contribution in [0.1, 0.15) is 51.5 Å². The van der Waals surface area contributed by atoms with Crippen LogP contribution >= 0.6 is 0 Å². The molecule has 0 N–H and O–H groups in total. The Bertz CT molecular complexity index is 673. The number of ketones is 1. The summed E-state index contributed by atoms with van der Waals surface area (Å²) < 4.78 is 0. The molecule has 3 heteroatoms. The fourth-order valence-electron chi connectivity index (χ4n) is 5.55. The number of hydrogen-bond donors (Lipinski definition) is 0. The molecule has 2 saturated carbocycles. The second-order valence-electron chi connectivity index (χ2n) is 9.00. The molecule has 3 aliphatic rings. The Morgan fingerprint density at radius 3 is 2.40 bits per heavy atom. The van der Waals surface area contributed by atoms with Gasteiger partial charge >= 0.3 is 0 Å². The van der Waals surface area contributed by atoms with E-state index >= 15 is 0 Å². The topological polar surface area (TPSA) is 37.4 Å². The van der Waals surface area contributed by atoms with Crippen molar-refractivity contribution in [2.24, 2.45) is 22.7 Å². The summed E-state index contributed by atoms with van der Waals surface area (Å²) in [5.74, 6) is 1.41. The third kappa shape index (κ3) is 2.63. The average molecular weight is 339 g/mol. The van der Waals surface area contributed by atoms with Gasteiger partial charge < -0.3 is 4.90 Å². The van der Waals surface area contributed by atoms with Gasteiger partial charge in [0.2, 0.25) is 5.91 Å². The molecule has 134 valence electrons. The molecule has 2 atom stereocenters. The number of carbonyl (C=O) groups is 2. The van der Waals surface area contributed by atoms with Gasteiger partial charge in [0.1, 0.15) is 5.41 Å². The molecule has 2 aliphatic carbocycles. The summed E-state index contributed by atoms with van der Waals surface area (Å²) in [7, 11) is 0. The number of piperidine rings is 1. The van der Waals surface area contributed by atoms with Crippen molar-refractivity contribution < 1.29 is 9.59 Å². The molecule has 0 spiro atoms. The number of benzene rings is 1. The lowest BCUT2D eigenvalue weighted by molar-refractivity contribution is -0.152. The molecule has 2 unspecified atom stereocenters. The Balaban J connectivity index is 1.40. The Morgan fingerprint density at radius 2 is 1.80 bits per heavy atom. The number of fused-ring (bicyclic) bond motifs is 2. The Labute approximate surface area is 150 Å². The summed E-state index contributed by atoms with van der Waals surface area (Å²) in [5, 5.41) is 0. The number of rotatable bonds is 3. The highest BCUT2D eigenvalue weighted by molar-refractivity contribution is 6.10. The lowest BCUT2D eigenvalue weighted by Crippen LogP contribution is -2.51. The van der Waals surface area contributed by atoms with Crippen LogP contribution in [0, 0.1) is 22.7 Å². The summed E-state index contributed by atoms with van der Waals surface area (Å²) in [4.78, 5) is 28.2. The zero-order valence-corrected chi connectivity index (χ0v) is 15.5.